The molecule has 0 aliphatic rings. The molecule has 1 aromatic carbocycles. The number of ether oxygens (including phenoxy) is 1. The van der Waals surface area contributed by atoms with Crippen LogP contribution in [0, 0.1) is 6.92 Å². The molecule has 3 aromatic rings. The molecule has 0 saturated heterocycles. The first kappa shape index (κ1) is 18.6. The molecule has 0 saturated carbocycles. The lowest BCUT2D eigenvalue weighted by atomic mass is 10.1. The van der Waals surface area contributed by atoms with E-state index in [4.69, 9.17) is 4.74 Å². The molecule has 27 heavy (non-hydrogen) atoms. The van der Waals surface area contributed by atoms with Crippen LogP contribution in [0.4, 0.5) is 0 Å². The fourth-order valence-corrected chi connectivity index (χ4v) is 3.08. The van der Waals surface area contributed by atoms with E-state index in [1.165, 1.54) is 0 Å². The average Bonchev–Trinajstić information content (AvgIpc) is 2.68. The first-order valence-electron chi connectivity index (χ1n) is 8.96. The summed E-state index contributed by atoms with van der Waals surface area (Å²) >= 11 is 0. The minimum atomic E-state index is -0.375. The maximum absolute atomic E-state index is 12.7. The molecule has 2 aromatic heterocycles. The van der Waals surface area contributed by atoms with Crippen molar-refractivity contribution in [2.75, 3.05) is 13.7 Å². The fraction of sp³-hybridized carbons (Fsp3) is 0.286. The number of amides is 1. The number of fused-ring (bicyclic) bond motifs is 1. The number of carbonyl (C=O) groups excluding carboxylic acids is 1. The summed E-state index contributed by atoms with van der Waals surface area (Å²) in [5.74, 6) is 0.409. The number of carbonyl (C=O) groups is 1. The van der Waals surface area contributed by atoms with Crippen molar-refractivity contribution in [1.82, 2.24) is 14.9 Å². The molecule has 0 fully saturated rings. The van der Waals surface area contributed by atoms with Crippen molar-refractivity contribution in [2.45, 2.75) is 26.8 Å². The lowest BCUT2D eigenvalue weighted by Crippen LogP contribution is -2.31. The van der Waals surface area contributed by atoms with Crippen LogP contribution in [0.2, 0.25) is 0 Å². The van der Waals surface area contributed by atoms with Crippen molar-refractivity contribution in [3.63, 3.8) is 0 Å². The Morgan fingerprint density at radius 1 is 1.22 bits per heavy atom. The van der Waals surface area contributed by atoms with Gasteiger partial charge in [0.2, 0.25) is 5.43 Å². The maximum atomic E-state index is 12.7. The maximum Gasteiger partial charge on any atom is 0.256 e. The Balaban J connectivity index is 1.82. The molecule has 0 atom stereocenters. The van der Waals surface area contributed by atoms with Gasteiger partial charge in [-0.1, -0.05) is 18.2 Å². The number of para-hydroxylation sites is 1. The van der Waals surface area contributed by atoms with Gasteiger partial charge in [-0.3, -0.25) is 9.59 Å². The third-order valence-corrected chi connectivity index (χ3v) is 4.52. The second kappa shape index (κ2) is 8.03. The van der Waals surface area contributed by atoms with E-state index in [0.29, 0.717) is 30.5 Å². The van der Waals surface area contributed by atoms with Gasteiger partial charge < -0.3 is 14.6 Å². The Bertz CT molecular complexity index is 1040. The molecule has 6 nitrogen and oxygen atoms in total. The van der Waals surface area contributed by atoms with Crippen LogP contribution in [0.5, 0.6) is 5.75 Å². The summed E-state index contributed by atoms with van der Waals surface area (Å²) in [6.07, 6.45) is 2.21. The number of pyridine rings is 2. The molecule has 0 aliphatic heterocycles. The van der Waals surface area contributed by atoms with Crippen LogP contribution in [-0.4, -0.2) is 29.1 Å². The van der Waals surface area contributed by atoms with E-state index < -0.39 is 0 Å². The summed E-state index contributed by atoms with van der Waals surface area (Å²) in [4.78, 5) is 29.8. The van der Waals surface area contributed by atoms with Crippen LogP contribution in [0.15, 0.2) is 47.4 Å². The van der Waals surface area contributed by atoms with E-state index in [9.17, 15) is 9.59 Å². The van der Waals surface area contributed by atoms with Gasteiger partial charge in [-0.25, -0.2) is 4.98 Å². The summed E-state index contributed by atoms with van der Waals surface area (Å²) < 4.78 is 7.15. The molecule has 140 valence electrons. The van der Waals surface area contributed by atoms with Gasteiger partial charge >= 0.3 is 0 Å². The fourth-order valence-electron chi connectivity index (χ4n) is 3.08. The van der Waals surface area contributed by atoms with E-state index in [1.54, 1.807) is 25.4 Å². The monoisotopic (exact) mass is 365 g/mol. The van der Waals surface area contributed by atoms with E-state index in [-0.39, 0.29) is 16.9 Å². The average molecular weight is 365 g/mol. The Labute approximate surface area is 157 Å². The predicted octanol–water partition coefficient (Wildman–Crippen LogP) is 2.71. The van der Waals surface area contributed by atoms with Crippen LogP contribution in [0.3, 0.4) is 0 Å². The second-order valence-corrected chi connectivity index (χ2v) is 6.30. The number of methoxy groups -OCH3 is 1. The van der Waals surface area contributed by atoms with Crippen LogP contribution in [0.25, 0.3) is 11.0 Å². The highest BCUT2D eigenvalue weighted by Gasteiger charge is 2.16. The highest BCUT2D eigenvalue weighted by molar-refractivity contribution is 5.96. The van der Waals surface area contributed by atoms with Crippen molar-refractivity contribution >= 4 is 16.9 Å². The highest BCUT2D eigenvalue weighted by Crippen LogP contribution is 2.17. The van der Waals surface area contributed by atoms with Crippen LogP contribution >= 0.6 is 0 Å². The van der Waals surface area contributed by atoms with Gasteiger partial charge in [0.25, 0.3) is 5.91 Å². The van der Waals surface area contributed by atoms with Gasteiger partial charge in [-0.2, -0.15) is 0 Å². The minimum Gasteiger partial charge on any atom is -0.496 e. The van der Waals surface area contributed by atoms with Crippen molar-refractivity contribution in [1.29, 1.82) is 0 Å². The largest absolute Gasteiger partial charge is 0.496 e. The smallest absolute Gasteiger partial charge is 0.256 e. The quantitative estimate of drug-likeness (QED) is 0.729. The molecule has 0 spiro atoms. The number of rotatable bonds is 6. The van der Waals surface area contributed by atoms with Crippen LogP contribution < -0.4 is 15.5 Å². The van der Waals surface area contributed by atoms with Gasteiger partial charge in [0.15, 0.2) is 0 Å². The van der Waals surface area contributed by atoms with Crippen LogP contribution in [-0.2, 0) is 13.0 Å². The Morgan fingerprint density at radius 2 is 2.00 bits per heavy atom. The Morgan fingerprint density at radius 3 is 2.74 bits per heavy atom. The van der Waals surface area contributed by atoms with E-state index in [0.717, 1.165) is 17.0 Å². The highest BCUT2D eigenvalue weighted by atomic mass is 16.5. The molecule has 0 bridgehead atoms. The van der Waals surface area contributed by atoms with Gasteiger partial charge in [0.05, 0.1) is 12.5 Å². The second-order valence-electron chi connectivity index (χ2n) is 6.30. The molecule has 6 heteroatoms. The normalized spacial score (nSPS) is 10.8. The third-order valence-electron chi connectivity index (χ3n) is 4.52. The van der Waals surface area contributed by atoms with E-state index in [2.05, 4.69) is 10.3 Å². The van der Waals surface area contributed by atoms with Gasteiger partial charge in [0, 0.05) is 25.0 Å². The van der Waals surface area contributed by atoms with Gasteiger partial charge in [-0.05, 0) is 44.0 Å². The Kier molecular flexibility index (Phi) is 5.54. The molecule has 0 unspecified atom stereocenters. The summed E-state index contributed by atoms with van der Waals surface area (Å²) in [6, 6.07) is 11.2. The number of benzene rings is 1. The Hall–Kier alpha value is -3.15. The van der Waals surface area contributed by atoms with E-state index in [1.807, 2.05) is 42.7 Å². The van der Waals surface area contributed by atoms with Crippen molar-refractivity contribution < 1.29 is 9.53 Å². The standard InChI is InChI=1S/C21H23N3O3/c1-4-24-13-17(19(25)16-10-9-14(2)23-20(16)24)21(26)22-12-11-15-7-5-6-8-18(15)27-3/h5-10,13H,4,11-12H2,1-3H3,(H,22,26). The topological polar surface area (TPSA) is 73.2 Å². The number of hydrogen-bond acceptors (Lipinski definition) is 4. The number of aryl methyl sites for hydroxylation is 2. The summed E-state index contributed by atoms with van der Waals surface area (Å²) in [7, 11) is 1.62. The van der Waals surface area contributed by atoms with Gasteiger partial charge in [-0.15, -0.1) is 0 Å². The molecule has 1 N–H and O–H groups in total. The molecule has 2 heterocycles. The van der Waals surface area contributed by atoms with Gasteiger partial charge in [0.1, 0.15) is 17.0 Å². The summed E-state index contributed by atoms with van der Waals surface area (Å²) in [5, 5.41) is 3.30. The molecule has 1 amide bonds. The predicted molar refractivity (Wildman–Crippen MR) is 105 cm³/mol. The number of aromatic nitrogens is 2. The zero-order chi connectivity index (χ0) is 19.4. The van der Waals surface area contributed by atoms with Crippen LogP contribution in [0.1, 0.15) is 28.5 Å². The zero-order valence-corrected chi connectivity index (χ0v) is 15.8. The minimum absolute atomic E-state index is 0.134. The summed E-state index contributed by atoms with van der Waals surface area (Å²) in [5.41, 5.74) is 2.28. The first-order chi connectivity index (χ1) is 13.0. The zero-order valence-electron chi connectivity index (χ0n) is 15.8. The molecule has 0 aliphatic carbocycles. The molecule has 3 rings (SSSR count). The number of hydrogen-bond donors (Lipinski definition) is 1. The van der Waals surface area contributed by atoms with E-state index >= 15 is 0 Å². The third kappa shape index (κ3) is 3.84. The SMILES string of the molecule is CCn1cc(C(=O)NCCc2ccccc2OC)c(=O)c2ccc(C)nc21. The molecule has 0 radical (unpaired) electrons. The lowest BCUT2D eigenvalue weighted by Gasteiger charge is -2.12. The van der Waals surface area contributed by atoms with Crippen molar-refractivity contribution in [3.05, 3.63) is 69.6 Å². The number of nitrogens with one attached hydrogen (secondary N) is 1. The lowest BCUT2D eigenvalue weighted by molar-refractivity contribution is 0.0952. The molecular weight excluding hydrogens is 342 g/mol. The number of nitrogens with zero attached hydrogens (tertiary/aromatic N) is 2. The first-order valence-corrected chi connectivity index (χ1v) is 8.96. The molecular formula is C21H23N3O3. The van der Waals surface area contributed by atoms with Crippen molar-refractivity contribution in [3.8, 4) is 5.75 Å². The summed E-state index contributed by atoms with van der Waals surface area (Å²) in [6.45, 7) is 4.86. The van der Waals surface area contributed by atoms with Crippen molar-refractivity contribution in [2.24, 2.45) is 0 Å².